The van der Waals surface area contributed by atoms with Gasteiger partial charge in [-0.15, -0.1) is 0 Å². The second-order valence-corrected chi connectivity index (χ2v) is 6.74. The van der Waals surface area contributed by atoms with Crippen molar-refractivity contribution in [2.45, 2.75) is 19.5 Å². The first-order chi connectivity index (χ1) is 12.6. The standard InChI is InChI=1S/C18H21N3O4S/c1-3-24-17(22)15-13(10-21(2)9-12-6-8-26-11-12)19-18(23)20-16(15)14-5-4-7-25-14/h4-8,11,16H,3,9-10H2,1-2H3,(H2,19,20,23). The molecule has 0 radical (unpaired) electrons. The maximum Gasteiger partial charge on any atom is 0.338 e. The van der Waals surface area contributed by atoms with Crippen molar-refractivity contribution in [1.82, 2.24) is 15.5 Å². The number of amides is 2. The van der Waals surface area contributed by atoms with Crippen LogP contribution in [0.2, 0.25) is 0 Å². The third-order valence-corrected chi connectivity index (χ3v) is 4.67. The van der Waals surface area contributed by atoms with Gasteiger partial charge in [-0.1, -0.05) is 0 Å². The number of carbonyl (C=O) groups is 2. The molecule has 0 saturated heterocycles. The van der Waals surface area contributed by atoms with Gasteiger partial charge in [0.2, 0.25) is 0 Å². The summed E-state index contributed by atoms with van der Waals surface area (Å²) in [5.74, 6) is 0.0150. The molecule has 2 N–H and O–H groups in total. The molecular weight excluding hydrogens is 354 g/mol. The normalized spacial score (nSPS) is 17.2. The smallest absolute Gasteiger partial charge is 0.338 e. The van der Waals surface area contributed by atoms with E-state index in [-0.39, 0.29) is 12.6 Å². The molecule has 0 aromatic carbocycles. The lowest BCUT2D eigenvalue weighted by atomic mass is 10.00. The molecule has 0 bridgehead atoms. The molecule has 8 heteroatoms. The summed E-state index contributed by atoms with van der Waals surface area (Å²) < 4.78 is 10.6. The Morgan fingerprint density at radius 2 is 2.23 bits per heavy atom. The van der Waals surface area contributed by atoms with Gasteiger partial charge in [0.1, 0.15) is 11.8 Å². The topological polar surface area (TPSA) is 83.8 Å². The lowest BCUT2D eigenvalue weighted by molar-refractivity contribution is -0.139. The molecule has 3 heterocycles. The molecule has 26 heavy (non-hydrogen) atoms. The van der Waals surface area contributed by atoms with Crippen LogP contribution in [-0.2, 0) is 16.1 Å². The van der Waals surface area contributed by atoms with Crippen molar-refractivity contribution in [3.8, 4) is 0 Å². The van der Waals surface area contributed by atoms with Crippen molar-refractivity contribution in [1.29, 1.82) is 0 Å². The van der Waals surface area contributed by atoms with Crippen LogP contribution in [0.4, 0.5) is 4.79 Å². The first-order valence-electron chi connectivity index (χ1n) is 8.29. The number of thiophene rings is 1. The van der Waals surface area contributed by atoms with Gasteiger partial charge in [-0.3, -0.25) is 4.90 Å². The summed E-state index contributed by atoms with van der Waals surface area (Å²) in [7, 11) is 1.93. The zero-order valence-electron chi connectivity index (χ0n) is 14.7. The van der Waals surface area contributed by atoms with Crippen LogP contribution in [0, 0.1) is 0 Å². The van der Waals surface area contributed by atoms with Crippen molar-refractivity contribution in [3.63, 3.8) is 0 Å². The molecular formula is C18H21N3O4S. The maximum absolute atomic E-state index is 12.6. The SMILES string of the molecule is CCOC(=O)C1=C(CN(C)Cc2ccsc2)NC(=O)NC1c1ccco1. The second-order valence-electron chi connectivity index (χ2n) is 5.96. The van der Waals surface area contributed by atoms with E-state index < -0.39 is 12.0 Å². The van der Waals surface area contributed by atoms with Crippen LogP contribution in [-0.4, -0.2) is 37.1 Å². The van der Waals surface area contributed by atoms with Gasteiger partial charge in [0.25, 0.3) is 0 Å². The van der Waals surface area contributed by atoms with Crippen LogP contribution in [0.15, 0.2) is 50.9 Å². The van der Waals surface area contributed by atoms with Gasteiger partial charge < -0.3 is 19.8 Å². The first-order valence-corrected chi connectivity index (χ1v) is 9.23. The van der Waals surface area contributed by atoms with Gasteiger partial charge in [-0.2, -0.15) is 11.3 Å². The van der Waals surface area contributed by atoms with Gasteiger partial charge in [-0.25, -0.2) is 9.59 Å². The average molecular weight is 375 g/mol. The molecule has 0 aliphatic carbocycles. The monoisotopic (exact) mass is 375 g/mol. The van der Waals surface area contributed by atoms with Crippen LogP contribution in [0.3, 0.4) is 0 Å². The van der Waals surface area contributed by atoms with Crippen LogP contribution in [0.1, 0.15) is 24.3 Å². The zero-order chi connectivity index (χ0) is 18.5. The van der Waals surface area contributed by atoms with Gasteiger partial charge in [0.05, 0.1) is 18.4 Å². The summed E-state index contributed by atoms with van der Waals surface area (Å²) in [6.45, 7) is 3.10. The lowest BCUT2D eigenvalue weighted by Crippen LogP contribution is -2.48. The number of hydrogen-bond acceptors (Lipinski definition) is 6. The minimum Gasteiger partial charge on any atom is -0.467 e. The highest BCUT2D eigenvalue weighted by Crippen LogP contribution is 2.28. The number of furan rings is 1. The molecule has 1 aliphatic heterocycles. The minimum atomic E-state index is -0.678. The number of esters is 1. The summed E-state index contributed by atoms with van der Waals surface area (Å²) >= 11 is 1.63. The number of likely N-dealkylation sites (N-methyl/N-ethyl adjacent to an activating group) is 1. The largest absolute Gasteiger partial charge is 0.467 e. The number of urea groups is 1. The van der Waals surface area contributed by atoms with E-state index in [0.29, 0.717) is 30.1 Å². The predicted octanol–water partition coefficient (Wildman–Crippen LogP) is 2.64. The predicted molar refractivity (Wildman–Crippen MR) is 97.4 cm³/mol. The van der Waals surface area contributed by atoms with Gasteiger partial charge in [-0.05, 0) is 48.5 Å². The lowest BCUT2D eigenvalue weighted by Gasteiger charge is -2.29. The Morgan fingerprint density at radius 1 is 1.38 bits per heavy atom. The van der Waals surface area contributed by atoms with E-state index in [0.717, 1.165) is 0 Å². The first kappa shape index (κ1) is 18.2. The molecule has 0 saturated carbocycles. The molecule has 138 valence electrons. The van der Waals surface area contributed by atoms with E-state index >= 15 is 0 Å². The van der Waals surface area contributed by atoms with Crippen LogP contribution in [0.25, 0.3) is 0 Å². The highest BCUT2D eigenvalue weighted by Gasteiger charge is 2.35. The Balaban J connectivity index is 1.90. The van der Waals surface area contributed by atoms with Crippen molar-refractivity contribution in [3.05, 3.63) is 57.8 Å². The van der Waals surface area contributed by atoms with Crippen LogP contribution < -0.4 is 10.6 Å². The third kappa shape index (κ3) is 4.14. The van der Waals surface area contributed by atoms with E-state index in [9.17, 15) is 9.59 Å². The van der Waals surface area contributed by atoms with E-state index in [1.807, 2.05) is 17.3 Å². The Labute approximate surface area is 155 Å². The van der Waals surface area contributed by atoms with Crippen molar-refractivity contribution in [2.75, 3.05) is 20.2 Å². The molecule has 1 aliphatic rings. The second kappa shape index (κ2) is 8.20. The molecule has 1 atom stereocenters. The number of hydrogen-bond donors (Lipinski definition) is 2. The van der Waals surface area contributed by atoms with Crippen molar-refractivity contribution in [2.24, 2.45) is 0 Å². The molecule has 0 fully saturated rings. The van der Waals surface area contributed by atoms with Gasteiger partial charge in [0, 0.05) is 18.8 Å². The summed E-state index contributed by atoms with van der Waals surface area (Å²) in [6, 6.07) is 4.44. The number of carbonyl (C=O) groups excluding carboxylic acids is 2. The number of nitrogens with zero attached hydrogens (tertiary/aromatic N) is 1. The maximum atomic E-state index is 12.6. The van der Waals surface area contributed by atoms with E-state index in [2.05, 4.69) is 22.1 Å². The van der Waals surface area contributed by atoms with Crippen molar-refractivity contribution >= 4 is 23.3 Å². The highest BCUT2D eigenvalue weighted by atomic mass is 32.1. The Morgan fingerprint density at radius 3 is 2.88 bits per heavy atom. The molecule has 0 spiro atoms. The number of rotatable bonds is 7. The third-order valence-electron chi connectivity index (χ3n) is 3.94. The Hall–Kier alpha value is -2.58. The summed E-state index contributed by atoms with van der Waals surface area (Å²) in [6.07, 6.45) is 1.51. The summed E-state index contributed by atoms with van der Waals surface area (Å²) in [5, 5.41) is 9.59. The summed E-state index contributed by atoms with van der Waals surface area (Å²) in [4.78, 5) is 26.8. The average Bonchev–Trinajstić information content (AvgIpc) is 3.27. The Kier molecular flexibility index (Phi) is 5.75. The van der Waals surface area contributed by atoms with Gasteiger partial charge in [0.15, 0.2) is 0 Å². The van der Waals surface area contributed by atoms with E-state index in [4.69, 9.17) is 9.15 Å². The molecule has 2 amide bonds. The van der Waals surface area contributed by atoms with Gasteiger partial charge >= 0.3 is 12.0 Å². The zero-order valence-corrected chi connectivity index (χ0v) is 15.5. The van der Waals surface area contributed by atoms with E-state index in [1.54, 1.807) is 30.4 Å². The quantitative estimate of drug-likeness (QED) is 0.727. The van der Waals surface area contributed by atoms with Crippen LogP contribution in [0.5, 0.6) is 0 Å². The fourth-order valence-electron chi connectivity index (χ4n) is 2.88. The Bertz CT molecular complexity index is 783. The van der Waals surface area contributed by atoms with E-state index in [1.165, 1.54) is 11.8 Å². The minimum absolute atomic E-state index is 0.249. The van der Waals surface area contributed by atoms with Crippen LogP contribution >= 0.6 is 11.3 Å². The summed E-state index contributed by atoms with van der Waals surface area (Å²) in [5.41, 5.74) is 2.06. The number of ether oxygens (including phenoxy) is 1. The molecule has 7 nitrogen and oxygen atoms in total. The molecule has 1 unspecified atom stereocenters. The number of nitrogens with one attached hydrogen (secondary N) is 2. The van der Waals surface area contributed by atoms with Crippen molar-refractivity contribution < 1.29 is 18.7 Å². The fraction of sp³-hybridized carbons (Fsp3) is 0.333. The molecule has 2 aromatic rings. The molecule has 3 rings (SSSR count). The highest BCUT2D eigenvalue weighted by molar-refractivity contribution is 7.07. The molecule has 2 aromatic heterocycles. The fourth-order valence-corrected chi connectivity index (χ4v) is 3.54.